The molecule has 3 aromatic rings. The third kappa shape index (κ3) is 4.61. The molecular weight excluding hydrogens is 408 g/mol. The standard InChI is InChI=1S/C23H28N6OS/c1-28-6-4-19(5-7-28)29-8-2-16(3-9-29)23(30)27-22-11-17-10-20(21-14-24-15-31-21)25-12-18(17)13-26-22/h10-16,19H,2-9H2,1H3,(H,26,27,30). The Balaban J connectivity index is 1.21. The number of amides is 1. The maximum absolute atomic E-state index is 12.9. The van der Waals surface area contributed by atoms with Crippen molar-refractivity contribution in [2.24, 2.45) is 5.92 Å². The van der Waals surface area contributed by atoms with Crippen molar-refractivity contribution in [3.05, 3.63) is 36.2 Å². The van der Waals surface area contributed by atoms with Crippen molar-refractivity contribution in [1.82, 2.24) is 24.8 Å². The summed E-state index contributed by atoms with van der Waals surface area (Å²) in [5.74, 6) is 0.758. The third-order valence-corrected chi connectivity index (χ3v) is 7.44. The zero-order valence-corrected chi connectivity index (χ0v) is 18.6. The van der Waals surface area contributed by atoms with E-state index in [4.69, 9.17) is 0 Å². The van der Waals surface area contributed by atoms with Crippen molar-refractivity contribution in [3.8, 4) is 10.6 Å². The van der Waals surface area contributed by atoms with E-state index in [9.17, 15) is 4.79 Å². The highest BCUT2D eigenvalue weighted by Crippen LogP contribution is 2.27. The van der Waals surface area contributed by atoms with E-state index in [1.165, 1.54) is 25.9 Å². The number of fused-ring (bicyclic) bond motifs is 1. The molecule has 2 aliphatic heterocycles. The van der Waals surface area contributed by atoms with Crippen molar-refractivity contribution in [2.45, 2.75) is 31.7 Å². The highest BCUT2D eigenvalue weighted by atomic mass is 32.1. The molecule has 0 saturated carbocycles. The van der Waals surface area contributed by atoms with E-state index < -0.39 is 0 Å². The molecule has 8 heteroatoms. The van der Waals surface area contributed by atoms with Crippen molar-refractivity contribution >= 4 is 33.8 Å². The topological polar surface area (TPSA) is 74.2 Å². The molecule has 2 saturated heterocycles. The molecular formula is C23H28N6OS. The first-order valence-corrected chi connectivity index (χ1v) is 11.9. The minimum Gasteiger partial charge on any atom is -0.310 e. The van der Waals surface area contributed by atoms with Gasteiger partial charge in [0.15, 0.2) is 0 Å². The predicted molar refractivity (Wildman–Crippen MR) is 124 cm³/mol. The first kappa shape index (κ1) is 20.5. The van der Waals surface area contributed by atoms with Gasteiger partial charge in [-0.1, -0.05) is 0 Å². The smallest absolute Gasteiger partial charge is 0.228 e. The van der Waals surface area contributed by atoms with Gasteiger partial charge in [-0.25, -0.2) is 4.98 Å². The van der Waals surface area contributed by atoms with Gasteiger partial charge in [-0.3, -0.25) is 14.8 Å². The number of pyridine rings is 2. The normalized spacial score (nSPS) is 19.6. The number of carbonyl (C=O) groups excluding carboxylic acids is 1. The first-order valence-electron chi connectivity index (χ1n) is 11.0. The van der Waals surface area contributed by atoms with Crippen LogP contribution in [0.15, 0.2) is 36.2 Å². The van der Waals surface area contributed by atoms with E-state index in [1.54, 1.807) is 23.0 Å². The summed E-state index contributed by atoms with van der Waals surface area (Å²) in [5.41, 5.74) is 2.69. The quantitative estimate of drug-likeness (QED) is 0.675. The van der Waals surface area contributed by atoms with Crippen LogP contribution < -0.4 is 5.32 Å². The lowest BCUT2D eigenvalue weighted by Gasteiger charge is -2.40. The van der Waals surface area contributed by atoms with Gasteiger partial charge in [0.2, 0.25) is 5.91 Å². The fraction of sp³-hybridized carbons (Fsp3) is 0.478. The number of hydrogen-bond acceptors (Lipinski definition) is 7. The SMILES string of the molecule is CN1CCC(N2CCC(C(=O)Nc3cc4cc(-c5cncs5)ncc4cn3)CC2)CC1. The minimum atomic E-state index is 0.0604. The van der Waals surface area contributed by atoms with Gasteiger partial charge in [0, 0.05) is 35.9 Å². The van der Waals surface area contributed by atoms with Crippen molar-refractivity contribution in [1.29, 1.82) is 0 Å². The van der Waals surface area contributed by atoms with Crippen LogP contribution in [0, 0.1) is 5.92 Å². The number of nitrogens with one attached hydrogen (secondary N) is 1. The molecule has 5 heterocycles. The van der Waals surface area contributed by atoms with Gasteiger partial charge in [0.05, 0.1) is 16.1 Å². The van der Waals surface area contributed by atoms with Crippen LogP contribution in [0.5, 0.6) is 0 Å². The molecule has 3 aromatic heterocycles. The second-order valence-electron chi connectivity index (χ2n) is 8.69. The van der Waals surface area contributed by atoms with Crippen LogP contribution in [0.25, 0.3) is 21.3 Å². The number of aromatic nitrogens is 3. The molecule has 162 valence electrons. The number of likely N-dealkylation sites (tertiary alicyclic amines) is 2. The number of nitrogens with zero attached hydrogens (tertiary/aromatic N) is 5. The van der Waals surface area contributed by atoms with Gasteiger partial charge in [-0.05, 0) is 76.4 Å². The van der Waals surface area contributed by atoms with Gasteiger partial charge in [-0.2, -0.15) is 0 Å². The fourth-order valence-corrected chi connectivity index (χ4v) is 5.29. The average Bonchev–Trinajstić information content (AvgIpc) is 3.34. The molecule has 1 amide bonds. The monoisotopic (exact) mass is 436 g/mol. The van der Waals surface area contributed by atoms with Gasteiger partial charge in [0.25, 0.3) is 0 Å². The molecule has 0 radical (unpaired) electrons. The second kappa shape index (κ2) is 8.98. The van der Waals surface area contributed by atoms with Crippen molar-refractivity contribution in [3.63, 3.8) is 0 Å². The molecule has 0 bridgehead atoms. The number of thiazole rings is 1. The Bertz CT molecular complexity index is 1040. The van der Waals surface area contributed by atoms with E-state index in [1.807, 2.05) is 24.5 Å². The van der Waals surface area contributed by atoms with Gasteiger partial charge < -0.3 is 15.1 Å². The zero-order chi connectivity index (χ0) is 21.2. The van der Waals surface area contributed by atoms with E-state index in [-0.39, 0.29) is 11.8 Å². The molecule has 0 aliphatic carbocycles. The summed E-state index contributed by atoms with van der Waals surface area (Å²) in [5, 5.41) is 5.02. The molecule has 0 spiro atoms. The van der Waals surface area contributed by atoms with Crippen molar-refractivity contribution in [2.75, 3.05) is 38.5 Å². The van der Waals surface area contributed by atoms with E-state index in [2.05, 4.69) is 37.1 Å². The zero-order valence-electron chi connectivity index (χ0n) is 17.8. The van der Waals surface area contributed by atoms with Gasteiger partial charge in [0.1, 0.15) is 5.82 Å². The maximum atomic E-state index is 12.9. The largest absolute Gasteiger partial charge is 0.310 e. The van der Waals surface area contributed by atoms with Crippen LogP contribution in [0.4, 0.5) is 5.82 Å². The Morgan fingerprint density at radius 3 is 2.52 bits per heavy atom. The Kier molecular flexibility index (Phi) is 5.93. The summed E-state index contributed by atoms with van der Waals surface area (Å²) in [6.45, 7) is 4.39. The van der Waals surface area contributed by atoms with E-state index >= 15 is 0 Å². The molecule has 5 rings (SSSR count). The lowest BCUT2D eigenvalue weighted by atomic mass is 9.93. The molecule has 31 heavy (non-hydrogen) atoms. The Labute approximate surface area is 186 Å². The number of hydrogen-bond donors (Lipinski definition) is 1. The Morgan fingerprint density at radius 2 is 1.77 bits per heavy atom. The highest BCUT2D eigenvalue weighted by molar-refractivity contribution is 7.13. The fourth-order valence-electron chi connectivity index (χ4n) is 4.70. The van der Waals surface area contributed by atoms with Crippen LogP contribution in [0.3, 0.4) is 0 Å². The first-order chi connectivity index (χ1) is 15.2. The molecule has 2 aliphatic rings. The van der Waals surface area contributed by atoms with Crippen LogP contribution >= 0.6 is 11.3 Å². The van der Waals surface area contributed by atoms with Crippen LogP contribution in [0.2, 0.25) is 0 Å². The molecule has 1 N–H and O–H groups in total. The van der Waals surface area contributed by atoms with Crippen LogP contribution in [0.1, 0.15) is 25.7 Å². The lowest BCUT2D eigenvalue weighted by Crippen LogP contribution is -2.48. The number of carbonyl (C=O) groups is 1. The predicted octanol–water partition coefficient (Wildman–Crippen LogP) is 3.50. The lowest BCUT2D eigenvalue weighted by molar-refractivity contribution is -0.121. The summed E-state index contributed by atoms with van der Waals surface area (Å²) >= 11 is 1.56. The molecule has 0 unspecified atom stereocenters. The maximum Gasteiger partial charge on any atom is 0.228 e. The van der Waals surface area contributed by atoms with Crippen LogP contribution in [-0.2, 0) is 4.79 Å². The number of anilines is 1. The summed E-state index contributed by atoms with van der Waals surface area (Å²) in [7, 11) is 2.20. The molecule has 2 fully saturated rings. The summed E-state index contributed by atoms with van der Waals surface area (Å²) in [4.78, 5) is 32.0. The van der Waals surface area contributed by atoms with E-state index in [0.29, 0.717) is 11.9 Å². The third-order valence-electron chi connectivity index (χ3n) is 6.64. The summed E-state index contributed by atoms with van der Waals surface area (Å²) in [6, 6.07) is 4.65. The average molecular weight is 437 g/mol. The summed E-state index contributed by atoms with van der Waals surface area (Å²) in [6.07, 6.45) is 9.75. The molecule has 0 aromatic carbocycles. The van der Waals surface area contributed by atoms with E-state index in [0.717, 1.165) is 47.3 Å². The van der Waals surface area contributed by atoms with Gasteiger partial charge >= 0.3 is 0 Å². The molecule has 7 nitrogen and oxygen atoms in total. The second-order valence-corrected chi connectivity index (χ2v) is 9.57. The Morgan fingerprint density at radius 1 is 1.00 bits per heavy atom. The molecule has 0 atom stereocenters. The number of rotatable bonds is 4. The van der Waals surface area contributed by atoms with Crippen LogP contribution in [-0.4, -0.2) is 69.9 Å². The summed E-state index contributed by atoms with van der Waals surface area (Å²) < 4.78 is 0. The minimum absolute atomic E-state index is 0.0604. The number of piperidine rings is 2. The highest BCUT2D eigenvalue weighted by Gasteiger charge is 2.30. The van der Waals surface area contributed by atoms with Gasteiger partial charge in [-0.15, -0.1) is 11.3 Å². The van der Waals surface area contributed by atoms with Crippen molar-refractivity contribution < 1.29 is 4.79 Å². The Hall–Kier alpha value is -2.42.